The van der Waals surface area contributed by atoms with Crippen LogP contribution in [0.4, 0.5) is 0 Å². The lowest BCUT2D eigenvalue weighted by Gasteiger charge is -2.18. The molecule has 1 aromatic carbocycles. The van der Waals surface area contributed by atoms with Crippen LogP contribution >= 0.6 is 0 Å². The van der Waals surface area contributed by atoms with E-state index in [-0.39, 0.29) is 12.4 Å². The van der Waals surface area contributed by atoms with E-state index >= 15 is 0 Å². The largest absolute Gasteiger partial charge is 0.496 e. The van der Waals surface area contributed by atoms with E-state index in [0.717, 1.165) is 24.0 Å². The number of aliphatic hydroxyl groups excluding tert-OH is 1. The SMILES string of the molecule is COc1cc(C(=O)C2(CO)CC2)c(OC)c(C)c1C. The molecule has 0 bridgehead atoms. The van der Waals surface area contributed by atoms with Gasteiger partial charge in [0.1, 0.15) is 11.5 Å². The average Bonchev–Trinajstić information content (AvgIpc) is 3.21. The predicted molar refractivity (Wildman–Crippen MR) is 72.1 cm³/mol. The lowest BCUT2D eigenvalue weighted by molar-refractivity contribution is 0.0826. The second kappa shape index (κ2) is 4.85. The van der Waals surface area contributed by atoms with Gasteiger partial charge < -0.3 is 14.6 Å². The van der Waals surface area contributed by atoms with Crippen molar-refractivity contribution in [3.63, 3.8) is 0 Å². The summed E-state index contributed by atoms with van der Waals surface area (Å²) in [6, 6.07) is 1.72. The summed E-state index contributed by atoms with van der Waals surface area (Å²) in [4.78, 5) is 12.6. The van der Waals surface area contributed by atoms with Crippen molar-refractivity contribution in [1.29, 1.82) is 0 Å². The molecule has 2 rings (SSSR count). The zero-order valence-corrected chi connectivity index (χ0v) is 11.9. The molecule has 0 atom stereocenters. The Morgan fingerprint density at radius 2 is 1.89 bits per heavy atom. The molecule has 4 nitrogen and oxygen atoms in total. The molecular weight excluding hydrogens is 244 g/mol. The van der Waals surface area contributed by atoms with Crippen molar-refractivity contribution in [2.24, 2.45) is 5.41 Å². The van der Waals surface area contributed by atoms with E-state index in [1.54, 1.807) is 20.3 Å². The van der Waals surface area contributed by atoms with Crippen LogP contribution in [-0.4, -0.2) is 31.7 Å². The summed E-state index contributed by atoms with van der Waals surface area (Å²) in [6.45, 7) is 3.74. The monoisotopic (exact) mass is 264 g/mol. The van der Waals surface area contributed by atoms with Crippen molar-refractivity contribution >= 4 is 5.78 Å². The predicted octanol–water partition coefficient (Wildman–Crippen LogP) is 2.28. The molecule has 1 saturated carbocycles. The van der Waals surface area contributed by atoms with E-state index in [9.17, 15) is 9.90 Å². The number of methoxy groups -OCH3 is 2. The lowest BCUT2D eigenvalue weighted by atomic mass is 9.91. The van der Waals surface area contributed by atoms with Gasteiger partial charge in [-0.25, -0.2) is 0 Å². The maximum absolute atomic E-state index is 12.6. The molecule has 0 amide bonds. The van der Waals surface area contributed by atoms with Crippen LogP contribution in [0.5, 0.6) is 11.5 Å². The van der Waals surface area contributed by atoms with Crippen LogP contribution in [0.2, 0.25) is 0 Å². The van der Waals surface area contributed by atoms with Gasteiger partial charge in [0.05, 0.1) is 31.8 Å². The maximum atomic E-state index is 12.6. The number of carbonyl (C=O) groups is 1. The summed E-state index contributed by atoms with van der Waals surface area (Å²) in [5, 5.41) is 9.41. The molecule has 1 aromatic rings. The van der Waals surface area contributed by atoms with Crippen LogP contribution in [0.15, 0.2) is 6.07 Å². The smallest absolute Gasteiger partial charge is 0.175 e. The molecular formula is C15H20O4. The molecule has 0 heterocycles. The first-order chi connectivity index (χ1) is 9.00. The number of rotatable bonds is 5. The Labute approximate surface area is 113 Å². The Morgan fingerprint density at radius 3 is 2.32 bits per heavy atom. The van der Waals surface area contributed by atoms with Crippen LogP contribution in [0.25, 0.3) is 0 Å². The van der Waals surface area contributed by atoms with E-state index in [1.807, 2.05) is 13.8 Å². The van der Waals surface area contributed by atoms with Gasteiger partial charge in [-0.05, 0) is 43.9 Å². The van der Waals surface area contributed by atoms with E-state index in [0.29, 0.717) is 17.1 Å². The van der Waals surface area contributed by atoms with Gasteiger partial charge in [-0.3, -0.25) is 4.79 Å². The minimum Gasteiger partial charge on any atom is -0.496 e. The summed E-state index contributed by atoms with van der Waals surface area (Å²) in [7, 11) is 3.14. The quantitative estimate of drug-likeness (QED) is 0.829. The molecule has 0 aromatic heterocycles. The summed E-state index contributed by atoms with van der Waals surface area (Å²) >= 11 is 0. The van der Waals surface area contributed by atoms with Crippen LogP contribution in [0, 0.1) is 19.3 Å². The highest BCUT2D eigenvalue weighted by Crippen LogP contribution is 2.49. The lowest BCUT2D eigenvalue weighted by Crippen LogP contribution is -2.21. The van der Waals surface area contributed by atoms with Gasteiger partial charge in [-0.15, -0.1) is 0 Å². The summed E-state index contributed by atoms with van der Waals surface area (Å²) in [5.41, 5.74) is 1.78. The Balaban J connectivity index is 2.56. The van der Waals surface area contributed by atoms with Gasteiger partial charge in [0, 0.05) is 0 Å². The first-order valence-electron chi connectivity index (χ1n) is 6.38. The van der Waals surface area contributed by atoms with Gasteiger partial charge >= 0.3 is 0 Å². The first kappa shape index (κ1) is 13.9. The number of hydrogen-bond donors (Lipinski definition) is 1. The van der Waals surface area contributed by atoms with Crippen LogP contribution in [-0.2, 0) is 0 Å². The molecule has 1 fully saturated rings. The third-order valence-electron chi connectivity index (χ3n) is 4.10. The summed E-state index contributed by atoms with van der Waals surface area (Å²) < 4.78 is 10.7. The molecule has 104 valence electrons. The number of hydrogen-bond acceptors (Lipinski definition) is 4. The van der Waals surface area contributed by atoms with E-state index < -0.39 is 5.41 Å². The Kier molecular flexibility index (Phi) is 3.54. The minimum atomic E-state index is -0.597. The Hall–Kier alpha value is -1.55. The molecule has 1 aliphatic rings. The average molecular weight is 264 g/mol. The second-order valence-corrected chi connectivity index (χ2v) is 5.18. The van der Waals surface area contributed by atoms with E-state index in [2.05, 4.69) is 0 Å². The number of benzene rings is 1. The zero-order valence-electron chi connectivity index (χ0n) is 11.9. The molecule has 19 heavy (non-hydrogen) atoms. The fourth-order valence-corrected chi connectivity index (χ4v) is 2.40. The van der Waals surface area contributed by atoms with E-state index in [4.69, 9.17) is 9.47 Å². The third kappa shape index (κ3) is 2.10. The third-order valence-corrected chi connectivity index (χ3v) is 4.10. The fraction of sp³-hybridized carbons (Fsp3) is 0.533. The van der Waals surface area contributed by atoms with Crippen molar-refractivity contribution in [3.05, 3.63) is 22.8 Å². The Morgan fingerprint density at radius 1 is 1.26 bits per heavy atom. The van der Waals surface area contributed by atoms with Crippen molar-refractivity contribution in [2.45, 2.75) is 26.7 Å². The standard InChI is InChI=1S/C15H20O4/c1-9-10(2)13(19-4)11(7-12(9)18-3)14(17)15(8-16)5-6-15/h7,16H,5-6,8H2,1-4H3. The normalized spacial score (nSPS) is 16.1. The summed E-state index contributed by atoms with van der Waals surface area (Å²) in [6.07, 6.45) is 1.47. The van der Waals surface area contributed by atoms with Gasteiger partial charge in [-0.2, -0.15) is 0 Å². The highest BCUT2D eigenvalue weighted by Gasteiger charge is 2.50. The van der Waals surface area contributed by atoms with Gasteiger partial charge in [0.2, 0.25) is 0 Å². The molecule has 1 aliphatic carbocycles. The number of ether oxygens (including phenoxy) is 2. The molecule has 0 saturated heterocycles. The number of Topliss-reactive ketones (excluding diaryl/α,β-unsaturated/α-hetero) is 1. The summed E-state index contributed by atoms with van der Waals surface area (Å²) in [5.74, 6) is 1.21. The van der Waals surface area contributed by atoms with Gasteiger partial charge in [0.25, 0.3) is 0 Å². The maximum Gasteiger partial charge on any atom is 0.175 e. The molecule has 4 heteroatoms. The van der Waals surface area contributed by atoms with Crippen LogP contribution in [0.1, 0.15) is 34.3 Å². The van der Waals surface area contributed by atoms with E-state index in [1.165, 1.54) is 0 Å². The Bertz CT molecular complexity index is 515. The molecule has 0 aliphatic heterocycles. The highest BCUT2D eigenvalue weighted by molar-refractivity contribution is 6.05. The first-order valence-corrected chi connectivity index (χ1v) is 6.38. The van der Waals surface area contributed by atoms with Crippen LogP contribution in [0.3, 0.4) is 0 Å². The molecule has 0 spiro atoms. The number of aliphatic hydroxyl groups is 1. The molecule has 0 radical (unpaired) electrons. The number of ketones is 1. The molecule has 0 unspecified atom stereocenters. The highest BCUT2D eigenvalue weighted by atomic mass is 16.5. The van der Waals surface area contributed by atoms with Crippen molar-refractivity contribution in [1.82, 2.24) is 0 Å². The fourth-order valence-electron chi connectivity index (χ4n) is 2.40. The minimum absolute atomic E-state index is 0.0479. The second-order valence-electron chi connectivity index (χ2n) is 5.18. The topological polar surface area (TPSA) is 55.8 Å². The van der Waals surface area contributed by atoms with Crippen molar-refractivity contribution < 1.29 is 19.4 Å². The number of carbonyl (C=O) groups excluding carboxylic acids is 1. The molecule has 1 N–H and O–H groups in total. The van der Waals surface area contributed by atoms with Gasteiger partial charge in [-0.1, -0.05) is 0 Å². The van der Waals surface area contributed by atoms with Crippen molar-refractivity contribution in [2.75, 3.05) is 20.8 Å². The van der Waals surface area contributed by atoms with Crippen molar-refractivity contribution in [3.8, 4) is 11.5 Å². The van der Waals surface area contributed by atoms with Gasteiger partial charge in [0.15, 0.2) is 5.78 Å². The zero-order chi connectivity index (χ0) is 14.2. The van der Waals surface area contributed by atoms with Crippen LogP contribution < -0.4 is 9.47 Å².